The molecule has 2 bridgehead atoms. The number of aromatic carboxylic acids is 2. The lowest BCUT2D eigenvalue weighted by atomic mass is 9.85. The van der Waals surface area contributed by atoms with Crippen LogP contribution in [0.3, 0.4) is 0 Å². The molecule has 2 aromatic rings. The van der Waals surface area contributed by atoms with E-state index in [0.29, 0.717) is 5.69 Å². The minimum Gasteiger partial charge on any atom is -0.478 e. The molecule has 8 nitrogen and oxygen atoms in total. The Morgan fingerprint density at radius 2 is 1.45 bits per heavy atom. The monoisotopic (exact) mass is 419 g/mol. The maximum absolute atomic E-state index is 13.0. The van der Waals surface area contributed by atoms with E-state index >= 15 is 0 Å². The molecule has 5 rings (SSSR count). The fraction of sp³-hybridized carbons (Fsp3) is 0.217. The van der Waals surface area contributed by atoms with Gasteiger partial charge in [-0.3, -0.25) is 9.59 Å². The SMILES string of the molecule is O=C(O)c1ccc(Oc2cccc(N3C(=O)[C@@H]4[C@@H](C3=O)[C@H]3C=C[C@H]4C3)c2)cc1C(=O)O. The minimum absolute atomic E-state index is 0.109. The highest BCUT2D eigenvalue weighted by atomic mass is 16.5. The number of hydrogen-bond donors (Lipinski definition) is 2. The summed E-state index contributed by atoms with van der Waals surface area (Å²) >= 11 is 0. The molecule has 2 aromatic carbocycles. The van der Waals surface area contributed by atoms with Gasteiger partial charge in [-0.2, -0.15) is 0 Å². The molecule has 156 valence electrons. The molecule has 31 heavy (non-hydrogen) atoms. The van der Waals surface area contributed by atoms with Gasteiger partial charge in [0.2, 0.25) is 11.8 Å². The zero-order chi connectivity index (χ0) is 21.9. The Labute approximate surface area is 176 Å². The summed E-state index contributed by atoms with van der Waals surface area (Å²) in [6.07, 6.45) is 4.91. The molecule has 3 aliphatic rings. The molecule has 0 radical (unpaired) electrons. The summed E-state index contributed by atoms with van der Waals surface area (Å²) < 4.78 is 5.71. The van der Waals surface area contributed by atoms with Crippen LogP contribution in [0, 0.1) is 23.7 Å². The normalized spacial score (nSPS) is 25.7. The van der Waals surface area contributed by atoms with Crippen LogP contribution in [0.2, 0.25) is 0 Å². The van der Waals surface area contributed by atoms with Crippen LogP contribution in [0.5, 0.6) is 11.5 Å². The first kappa shape index (κ1) is 19.0. The van der Waals surface area contributed by atoms with Gasteiger partial charge >= 0.3 is 11.9 Å². The van der Waals surface area contributed by atoms with Crippen LogP contribution in [0.15, 0.2) is 54.6 Å². The van der Waals surface area contributed by atoms with Crippen molar-refractivity contribution >= 4 is 29.4 Å². The maximum atomic E-state index is 13.0. The van der Waals surface area contributed by atoms with Crippen molar-refractivity contribution in [3.63, 3.8) is 0 Å². The summed E-state index contributed by atoms with van der Waals surface area (Å²) in [5.41, 5.74) is -0.361. The number of carboxylic acid groups (broad SMARTS) is 2. The van der Waals surface area contributed by atoms with Crippen LogP contribution in [-0.2, 0) is 9.59 Å². The molecule has 8 heteroatoms. The predicted molar refractivity (Wildman–Crippen MR) is 107 cm³/mol. The summed E-state index contributed by atoms with van der Waals surface area (Å²) in [6, 6.07) is 10.1. The second-order valence-electron chi connectivity index (χ2n) is 7.93. The van der Waals surface area contributed by atoms with Crippen molar-refractivity contribution in [2.24, 2.45) is 23.7 Å². The Kier molecular flexibility index (Phi) is 4.18. The van der Waals surface area contributed by atoms with Gasteiger partial charge in [0.15, 0.2) is 0 Å². The average molecular weight is 419 g/mol. The molecular formula is C23H17NO7. The topological polar surface area (TPSA) is 121 Å². The standard InChI is InChI=1S/C23H17NO7/c25-20-18-11-4-5-12(8-11)19(18)21(26)24(20)13-2-1-3-14(9-13)31-15-6-7-16(22(27)28)17(10-15)23(29)30/h1-7,9-12,18-19H,8H2,(H,27,28)(H,29,30)/t11-,12-,18-,19-/m0/s1. The second-order valence-corrected chi connectivity index (χ2v) is 7.93. The highest BCUT2D eigenvalue weighted by molar-refractivity contribution is 6.22. The third-order valence-electron chi connectivity index (χ3n) is 6.23. The third kappa shape index (κ3) is 2.91. The van der Waals surface area contributed by atoms with E-state index in [1.807, 2.05) is 12.2 Å². The van der Waals surface area contributed by atoms with Gasteiger partial charge < -0.3 is 14.9 Å². The molecule has 2 N–H and O–H groups in total. The molecule has 1 saturated carbocycles. The lowest BCUT2D eigenvalue weighted by molar-refractivity contribution is -0.123. The Morgan fingerprint density at radius 3 is 2.06 bits per heavy atom. The van der Waals surface area contributed by atoms with E-state index in [9.17, 15) is 24.3 Å². The summed E-state index contributed by atoms with van der Waals surface area (Å²) in [4.78, 5) is 49.8. The highest BCUT2D eigenvalue weighted by Crippen LogP contribution is 2.53. The number of benzene rings is 2. The highest BCUT2D eigenvalue weighted by Gasteiger charge is 2.59. The summed E-state index contributed by atoms with van der Waals surface area (Å²) in [6.45, 7) is 0. The number of carbonyl (C=O) groups is 4. The van der Waals surface area contributed by atoms with Crippen molar-refractivity contribution in [3.8, 4) is 11.5 Å². The van der Waals surface area contributed by atoms with Gasteiger partial charge in [0.1, 0.15) is 11.5 Å². The van der Waals surface area contributed by atoms with Crippen molar-refractivity contribution in [2.75, 3.05) is 4.90 Å². The first-order chi connectivity index (χ1) is 14.8. The number of hydrogen-bond acceptors (Lipinski definition) is 5. The lowest BCUT2D eigenvalue weighted by Crippen LogP contribution is -2.32. The molecule has 1 saturated heterocycles. The Morgan fingerprint density at radius 1 is 0.839 bits per heavy atom. The van der Waals surface area contributed by atoms with Crippen molar-refractivity contribution in [2.45, 2.75) is 6.42 Å². The molecule has 2 fully saturated rings. The Bertz CT molecular complexity index is 1150. The van der Waals surface area contributed by atoms with Gasteiger partial charge in [-0.25, -0.2) is 14.5 Å². The first-order valence-corrected chi connectivity index (χ1v) is 9.80. The molecule has 1 heterocycles. The fourth-order valence-electron chi connectivity index (χ4n) is 4.93. The second kappa shape index (κ2) is 6.80. The van der Waals surface area contributed by atoms with E-state index in [1.54, 1.807) is 18.2 Å². The smallest absolute Gasteiger partial charge is 0.336 e. The molecule has 2 amide bonds. The number of amides is 2. The molecule has 2 aliphatic carbocycles. The van der Waals surface area contributed by atoms with E-state index < -0.39 is 17.5 Å². The van der Waals surface area contributed by atoms with Gasteiger partial charge in [0, 0.05) is 6.07 Å². The first-order valence-electron chi connectivity index (χ1n) is 9.80. The van der Waals surface area contributed by atoms with Gasteiger partial charge in [-0.05, 0) is 48.6 Å². The van der Waals surface area contributed by atoms with Crippen molar-refractivity contribution < 1.29 is 34.1 Å². The third-order valence-corrected chi connectivity index (χ3v) is 6.23. The van der Waals surface area contributed by atoms with Crippen LogP contribution in [0.4, 0.5) is 5.69 Å². The van der Waals surface area contributed by atoms with Gasteiger partial charge in [0.05, 0.1) is 28.7 Å². The van der Waals surface area contributed by atoms with E-state index in [-0.39, 0.29) is 52.5 Å². The number of ether oxygens (including phenoxy) is 1. The summed E-state index contributed by atoms with van der Waals surface area (Å²) in [5, 5.41) is 18.4. The van der Waals surface area contributed by atoms with E-state index in [1.165, 1.54) is 17.0 Å². The molecule has 1 aliphatic heterocycles. The largest absolute Gasteiger partial charge is 0.478 e. The maximum Gasteiger partial charge on any atom is 0.336 e. The quantitative estimate of drug-likeness (QED) is 0.564. The summed E-state index contributed by atoms with van der Waals surface area (Å²) in [5.74, 6) is -3.15. The Balaban J connectivity index is 1.43. The van der Waals surface area contributed by atoms with Gasteiger partial charge in [-0.15, -0.1) is 0 Å². The molecule has 0 spiro atoms. The molecular weight excluding hydrogens is 402 g/mol. The number of imide groups is 1. The van der Waals surface area contributed by atoms with E-state index in [4.69, 9.17) is 9.84 Å². The van der Waals surface area contributed by atoms with Crippen molar-refractivity contribution in [1.29, 1.82) is 0 Å². The number of anilines is 1. The fourth-order valence-corrected chi connectivity index (χ4v) is 4.93. The van der Waals surface area contributed by atoms with Crippen LogP contribution < -0.4 is 9.64 Å². The zero-order valence-electron chi connectivity index (χ0n) is 16.1. The van der Waals surface area contributed by atoms with Crippen LogP contribution in [0.25, 0.3) is 0 Å². The minimum atomic E-state index is -1.39. The number of allylic oxidation sites excluding steroid dienone is 2. The van der Waals surface area contributed by atoms with Crippen molar-refractivity contribution in [1.82, 2.24) is 0 Å². The van der Waals surface area contributed by atoms with Crippen LogP contribution >= 0.6 is 0 Å². The average Bonchev–Trinajstić information content (AvgIpc) is 3.41. The summed E-state index contributed by atoms with van der Waals surface area (Å²) in [7, 11) is 0. The molecule has 0 aromatic heterocycles. The number of rotatable bonds is 5. The van der Waals surface area contributed by atoms with Crippen LogP contribution in [0.1, 0.15) is 27.1 Å². The van der Waals surface area contributed by atoms with Crippen molar-refractivity contribution in [3.05, 3.63) is 65.7 Å². The van der Waals surface area contributed by atoms with Gasteiger partial charge in [0.25, 0.3) is 0 Å². The predicted octanol–water partition coefficient (Wildman–Crippen LogP) is 3.19. The molecule has 0 unspecified atom stereocenters. The number of fused-ring (bicyclic) bond motifs is 5. The van der Waals surface area contributed by atoms with Crippen LogP contribution in [-0.4, -0.2) is 34.0 Å². The van der Waals surface area contributed by atoms with Gasteiger partial charge in [-0.1, -0.05) is 18.2 Å². The lowest BCUT2D eigenvalue weighted by Gasteiger charge is -2.18. The Hall–Kier alpha value is -3.94. The van der Waals surface area contributed by atoms with E-state index in [0.717, 1.165) is 18.6 Å². The zero-order valence-corrected chi connectivity index (χ0v) is 16.1. The number of carbonyl (C=O) groups excluding carboxylic acids is 2. The number of nitrogens with zero attached hydrogens (tertiary/aromatic N) is 1. The van der Waals surface area contributed by atoms with E-state index in [2.05, 4.69) is 0 Å². The molecule has 4 atom stereocenters. The number of carboxylic acids is 2.